The molecular weight excluding hydrogens is 378 g/mol. The first-order chi connectivity index (χ1) is 11.4. The second-order valence-electron chi connectivity index (χ2n) is 5.02. The SMILES string of the molecule is COc1ccc(CC(=O)NNC(=O)c2cc(Br)cn2C)cc1OC. The molecule has 128 valence electrons. The predicted octanol–water partition coefficient (Wildman–Crippen LogP) is 1.81. The summed E-state index contributed by atoms with van der Waals surface area (Å²) in [6.07, 6.45) is 1.85. The summed E-state index contributed by atoms with van der Waals surface area (Å²) in [4.78, 5) is 24.0. The molecule has 0 radical (unpaired) electrons. The molecule has 2 amide bonds. The van der Waals surface area contributed by atoms with Gasteiger partial charge < -0.3 is 14.0 Å². The lowest BCUT2D eigenvalue weighted by atomic mass is 10.1. The number of hydrogen-bond donors (Lipinski definition) is 2. The first-order valence-electron chi connectivity index (χ1n) is 7.06. The molecule has 1 aromatic carbocycles. The van der Waals surface area contributed by atoms with Crippen LogP contribution in [-0.2, 0) is 18.3 Å². The van der Waals surface area contributed by atoms with E-state index >= 15 is 0 Å². The van der Waals surface area contributed by atoms with Gasteiger partial charge in [-0.25, -0.2) is 0 Å². The smallest absolute Gasteiger partial charge is 0.286 e. The predicted molar refractivity (Wildman–Crippen MR) is 92.0 cm³/mol. The molecule has 0 atom stereocenters. The zero-order valence-corrected chi connectivity index (χ0v) is 15.1. The van der Waals surface area contributed by atoms with Gasteiger partial charge in [0.1, 0.15) is 5.69 Å². The monoisotopic (exact) mass is 395 g/mol. The Kier molecular flexibility index (Phi) is 5.86. The van der Waals surface area contributed by atoms with Gasteiger partial charge in [0.2, 0.25) is 5.91 Å². The summed E-state index contributed by atoms with van der Waals surface area (Å²) in [6.45, 7) is 0. The highest BCUT2D eigenvalue weighted by atomic mass is 79.9. The number of carbonyl (C=O) groups is 2. The second kappa shape index (κ2) is 7.87. The normalized spacial score (nSPS) is 10.2. The maximum absolute atomic E-state index is 12.0. The Labute approximate surface area is 148 Å². The number of hydrogen-bond acceptors (Lipinski definition) is 4. The van der Waals surface area contributed by atoms with E-state index in [9.17, 15) is 9.59 Å². The minimum absolute atomic E-state index is 0.0947. The molecule has 2 rings (SSSR count). The van der Waals surface area contributed by atoms with E-state index in [2.05, 4.69) is 26.8 Å². The standard InChI is InChI=1S/C16H18BrN3O4/c1-20-9-11(17)8-12(20)16(22)19-18-15(21)7-10-4-5-13(23-2)14(6-10)24-3/h4-6,8-9H,7H2,1-3H3,(H,18,21)(H,19,22). The Balaban J connectivity index is 1.94. The van der Waals surface area contributed by atoms with Gasteiger partial charge in [-0.3, -0.25) is 20.4 Å². The minimum Gasteiger partial charge on any atom is -0.493 e. The number of methoxy groups -OCH3 is 2. The van der Waals surface area contributed by atoms with Gasteiger partial charge in [0.15, 0.2) is 11.5 Å². The number of nitrogens with one attached hydrogen (secondary N) is 2. The summed E-state index contributed by atoms with van der Waals surface area (Å²) in [6, 6.07) is 6.86. The fourth-order valence-corrected chi connectivity index (χ4v) is 2.68. The largest absolute Gasteiger partial charge is 0.493 e. The number of nitrogens with zero attached hydrogens (tertiary/aromatic N) is 1. The number of aryl methyl sites for hydroxylation is 1. The molecule has 24 heavy (non-hydrogen) atoms. The Morgan fingerprint density at radius 2 is 1.83 bits per heavy atom. The summed E-state index contributed by atoms with van der Waals surface area (Å²) in [5.41, 5.74) is 5.94. The van der Waals surface area contributed by atoms with Crippen molar-refractivity contribution >= 4 is 27.7 Å². The van der Waals surface area contributed by atoms with E-state index in [0.717, 1.165) is 10.0 Å². The van der Waals surface area contributed by atoms with Crippen molar-refractivity contribution in [2.24, 2.45) is 7.05 Å². The molecular formula is C16H18BrN3O4. The molecule has 0 aliphatic rings. The van der Waals surface area contributed by atoms with Gasteiger partial charge in [0.05, 0.1) is 20.6 Å². The Hall–Kier alpha value is -2.48. The molecule has 7 nitrogen and oxygen atoms in total. The van der Waals surface area contributed by atoms with Crippen molar-refractivity contribution in [2.45, 2.75) is 6.42 Å². The van der Waals surface area contributed by atoms with Gasteiger partial charge in [-0.05, 0) is 39.7 Å². The summed E-state index contributed by atoms with van der Waals surface area (Å²) in [7, 11) is 4.81. The summed E-state index contributed by atoms with van der Waals surface area (Å²) in [5.74, 6) is 0.387. The van der Waals surface area contributed by atoms with Crippen LogP contribution in [0.5, 0.6) is 11.5 Å². The zero-order valence-electron chi connectivity index (χ0n) is 13.6. The van der Waals surface area contributed by atoms with Gasteiger partial charge in [-0.15, -0.1) is 0 Å². The molecule has 0 saturated heterocycles. The van der Waals surface area contributed by atoms with E-state index in [1.54, 1.807) is 49.2 Å². The van der Waals surface area contributed by atoms with Gasteiger partial charge in [0.25, 0.3) is 5.91 Å². The molecule has 2 aromatic rings. The van der Waals surface area contributed by atoms with E-state index in [1.165, 1.54) is 7.11 Å². The van der Waals surface area contributed by atoms with Crippen LogP contribution in [0.3, 0.4) is 0 Å². The third-order valence-electron chi connectivity index (χ3n) is 3.33. The number of ether oxygens (including phenoxy) is 2. The lowest BCUT2D eigenvalue weighted by Crippen LogP contribution is -2.42. The number of aromatic nitrogens is 1. The van der Waals surface area contributed by atoms with Crippen molar-refractivity contribution in [1.29, 1.82) is 0 Å². The van der Waals surface area contributed by atoms with E-state index in [4.69, 9.17) is 9.47 Å². The van der Waals surface area contributed by atoms with E-state index in [-0.39, 0.29) is 12.3 Å². The van der Waals surface area contributed by atoms with Crippen molar-refractivity contribution in [2.75, 3.05) is 14.2 Å². The number of hydrazine groups is 1. The summed E-state index contributed by atoms with van der Waals surface area (Å²) >= 11 is 3.29. The molecule has 0 aliphatic heterocycles. The van der Waals surface area contributed by atoms with E-state index < -0.39 is 5.91 Å². The van der Waals surface area contributed by atoms with E-state index in [0.29, 0.717) is 17.2 Å². The first kappa shape index (κ1) is 17.9. The molecule has 8 heteroatoms. The maximum atomic E-state index is 12.0. The average Bonchev–Trinajstić information content (AvgIpc) is 2.91. The molecule has 1 heterocycles. The van der Waals surface area contributed by atoms with Crippen LogP contribution in [0.2, 0.25) is 0 Å². The van der Waals surface area contributed by atoms with Crippen LogP contribution in [0.4, 0.5) is 0 Å². The fraction of sp³-hybridized carbons (Fsp3) is 0.250. The molecule has 0 bridgehead atoms. The first-order valence-corrected chi connectivity index (χ1v) is 7.86. The van der Waals surface area contributed by atoms with Crippen molar-refractivity contribution in [3.8, 4) is 11.5 Å². The molecule has 0 aliphatic carbocycles. The minimum atomic E-state index is -0.399. The zero-order chi connectivity index (χ0) is 17.7. The summed E-state index contributed by atoms with van der Waals surface area (Å²) in [5, 5.41) is 0. The van der Waals surface area contributed by atoms with Gasteiger partial charge >= 0.3 is 0 Å². The molecule has 1 aromatic heterocycles. The number of amides is 2. The van der Waals surface area contributed by atoms with Gasteiger partial charge in [-0.1, -0.05) is 6.07 Å². The highest BCUT2D eigenvalue weighted by Gasteiger charge is 2.13. The van der Waals surface area contributed by atoms with Crippen molar-refractivity contribution in [3.63, 3.8) is 0 Å². The Bertz CT molecular complexity index is 758. The third-order valence-corrected chi connectivity index (χ3v) is 3.77. The van der Waals surface area contributed by atoms with Gasteiger partial charge in [-0.2, -0.15) is 0 Å². The van der Waals surface area contributed by atoms with Gasteiger partial charge in [0, 0.05) is 17.7 Å². The molecule has 0 fully saturated rings. The number of halogens is 1. The Morgan fingerprint density at radius 3 is 2.42 bits per heavy atom. The fourth-order valence-electron chi connectivity index (χ4n) is 2.16. The Morgan fingerprint density at radius 1 is 1.12 bits per heavy atom. The molecule has 0 spiro atoms. The van der Waals surface area contributed by atoms with Crippen LogP contribution >= 0.6 is 15.9 Å². The maximum Gasteiger partial charge on any atom is 0.286 e. The van der Waals surface area contributed by atoms with Crippen LogP contribution in [0, 0.1) is 0 Å². The van der Waals surface area contributed by atoms with Crippen LogP contribution in [0.25, 0.3) is 0 Å². The number of carbonyl (C=O) groups excluding carboxylic acids is 2. The third kappa shape index (κ3) is 4.29. The van der Waals surface area contributed by atoms with Crippen LogP contribution in [0.1, 0.15) is 16.1 Å². The highest BCUT2D eigenvalue weighted by molar-refractivity contribution is 9.10. The van der Waals surface area contributed by atoms with Crippen molar-refractivity contribution in [1.82, 2.24) is 15.4 Å². The lowest BCUT2D eigenvalue weighted by Gasteiger charge is -2.10. The van der Waals surface area contributed by atoms with Crippen LogP contribution in [-0.4, -0.2) is 30.6 Å². The van der Waals surface area contributed by atoms with Crippen LogP contribution < -0.4 is 20.3 Å². The molecule has 0 saturated carbocycles. The number of rotatable bonds is 5. The molecule has 2 N–H and O–H groups in total. The van der Waals surface area contributed by atoms with Crippen molar-refractivity contribution in [3.05, 3.63) is 46.2 Å². The topological polar surface area (TPSA) is 81.6 Å². The highest BCUT2D eigenvalue weighted by Crippen LogP contribution is 2.27. The second-order valence-corrected chi connectivity index (χ2v) is 5.94. The average molecular weight is 396 g/mol. The quantitative estimate of drug-likeness (QED) is 0.756. The molecule has 0 unspecified atom stereocenters. The number of benzene rings is 1. The summed E-state index contributed by atoms with van der Waals surface area (Å²) < 4.78 is 12.8. The van der Waals surface area contributed by atoms with E-state index in [1.807, 2.05) is 0 Å². The van der Waals surface area contributed by atoms with Crippen molar-refractivity contribution < 1.29 is 19.1 Å². The lowest BCUT2D eigenvalue weighted by molar-refractivity contribution is -0.121. The van der Waals surface area contributed by atoms with Crippen LogP contribution in [0.15, 0.2) is 34.9 Å².